The number of halogens is 3. The highest BCUT2D eigenvalue weighted by Crippen LogP contribution is 2.20. The van der Waals surface area contributed by atoms with E-state index in [0.29, 0.717) is 0 Å². The Hall–Kier alpha value is 0.0300. The molecule has 0 aliphatic carbocycles. The quantitative estimate of drug-likeness (QED) is 0.431. The van der Waals surface area contributed by atoms with E-state index in [4.69, 9.17) is 23.2 Å². The molecule has 0 aromatic heterocycles. The van der Waals surface area contributed by atoms with Crippen molar-refractivity contribution in [3.63, 3.8) is 0 Å². The zero-order chi connectivity index (χ0) is 7.33. The van der Waals surface area contributed by atoms with Crippen LogP contribution < -0.4 is 0 Å². The summed E-state index contributed by atoms with van der Waals surface area (Å²) < 4.78 is 14.0. The SMILES string of the molecule is COCC#CC(F)(Cl)Cl. The van der Waals surface area contributed by atoms with Crippen molar-refractivity contribution < 1.29 is 9.13 Å². The molecule has 0 aliphatic rings. The maximum Gasteiger partial charge on any atom is 0.319 e. The van der Waals surface area contributed by atoms with Crippen LogP contribution in [0.15, 0.2) is 0 Å². The highest BCUT2D eigenvalue weighted by atomic mass is 35.5. The summed E-state index contributed by atoms with van der Waals surface area (Å²) in [6, 6.07) is 0. The van der Waals surface area contributed by atoms with Crippen molar-refractivity contribution >= 4 is 23.2 Å². The summed E-state index contributed by atoms with van der Waals surface area (Å²) in [5.41, 5.74) is 0. The predicted octanol–water partition coefficient (Wildman–Crippen LogP) is 1.74. The van der Waals surface area contributed by atoms with Crippen molar-refractivity contribution in [1.29, 1.82) is 0 Å². The molecule has 0 aromatic rings. The van der Waals surface area contributed by atoms with Crippen LogP contribution in [-0.4, -0.2) is 18.3 Å². The lowest BCUT2D eigenvalue weighted by Crippen LogP contribution is -1.98. The second-order valence-corrected chi connectivity index (χ2v) is 2.47. The minimum Gasteiger partial charge on any atom is -0.372 e. The lowest BCUT2D eigenvalue weighted by atomic mass is 10.6. The molecular weight excluding hydrogens is 166 g/mol. The van der Waals surface area contributed by atoms with E-state index in [1.165, 1.54) is 7.11 Å². The summed E-state index contributed by atoms with van der Waals surface area (Å²) in [5.74, 6) is 4.18. The molecule has 0 spiro atoms. The molecule has 0 radical (unpaired) electrons. The Morgan fingerprint density at radius 1 is 1.67 bits per heavy atom. The average molecular weight is 171 g/mol. The van der Waals surface area contributed by atoms with Crippen LogP contribution in [0.5, 0.6) is 0 Å². The van der Waals surface area contributed by atoms with Crippen molar-refractivity contribution in [1.82, 2.24) is 0 Å². The summed E-state index contributed by atoms with van der Waals surface area (Å²) in [5, 5.41) is 0. The standard InChI is InChI=1S/C5H5Cl2FO/c1-9-4-2-3-5(6,7)8/h4H2,1H3. The van der Waals surface area contributed by atoms with E-state index in [1.807, 2.05) is 5.92 Å². The van der Waals surface area contributed by atoms with Crippen LogP contribution in [0.4, 0.5) is 4.39 Å². The zero-order valence-corrected chi connectivity index (χ0v) is 6.26. The van der Waals surface area contributed by atoms with Crippen molar-refractivity contribution in [3.8, 4) is 11.8 Å². The van der Waals surface area contributed by atoms with E-state index >= 15 is 0 Å². The molecule has 0 amide bonds. The van der Waals surface area contributed by atoms with Crippen molar-refractivity contribution in [2.75, 3.05) is 13.7 Å². The first kappa shape index (κ1) is 9.03. The molecule has 0 unspecified atom stereocenters. The number of alkyl halides is 3. The molecule has 0 fully saturated rings. The summed E-state index contributed by atoms with van der Waals surface area (Å²) in [6.45, 7) is 0.130. The highest BCUT2D eigenvalue weighted by molar-refractivity contribution is 6.49. The van der Waals surface area contributed by atoms with E-state index in [9.17, 15) is 4.39 Å². The smallest absolute Gasteiger partial charge is 0.319 e. The van der Waals surface area contributed by atoms with E-state index in [-0.39, 0.29) is 6.61 Å². The van der Waals surface area contributed by atoms with Crippen molar-refractivity contribution in [2.45, 2.75) is 4.59 Å². The van der Waals surface area contributed by atoms with Crippen LogP contribution in [0.2, 0.25) is 0 Å². The van der Waals surface area contributed by atoms with Gasteiger partial charge in [0.2, 0.25) is 0 Å². The van der Waals surface area contributed by atoms with E-state index < -0.39 is 4.59 Å². The van der Waals surface area contributed by atoms with E-state index in [1.54, 1.807) is 0 Å². The molecule has 0 aromatic carbocycles. The fraction of sp³-hybridized carbons (Fsp3) is 0.600. The number of rotatable bonds is 1. The number of hydrogen-bond acceptors (Lipinski definition) is 1. The zero-order valence-electron chi connectivity index (χ0n) is 4.75. The Labute approximate surface area is 63.1 Å². The molecule has 9 heavy (non-hydrogen) atoms. The molecule has 0 heterocycles. The van der Waals surface area contributed by atoms with Gasteiger partial charge in [-0.05, 0) is 5.92 Å². The fourth-order valence-electron chi connectivity index (χ4n) is 0.208. The third-order valence-electron chi connectivity index (χ3n) is 0.447. The van der Waals surface area contributed by atoms with Crippen LogP contribution >= 0.6 is 23.2 Å². The van der Waals surface area contributed by atoms with E-state index in [2.05, 4.69) is 10.7 Å². The number of ether oxygens (including phenoxy) is 1. The summed E-state index contributed by atoms with van der Waals surface area (Å²) in [4.78, 5) is 0. The second-order valence-electron chi connectivity index (χ2n) is 1.23. The monoisotopic (exact) mass is 170 g/mol. The first-order valence-electron chi connectivity index (χ1n) is 2.12. The minimum atomic E-state index is -2.45. The molecule has 0 aliphatic heterocycles. The van der Waals surface area contributed by atoms with Crippen LogP contribution in [-0.2, 0) is 4.74 Å². The molecule has 52 valence electrons. The van der Waals surface area contributed by atoms with Gasteiger partial charge in [0.15, 0.2) is 0 Å². The van der Waals surface area contributed by atoms with Gasteiger partial charge in [-0.3, -0.25) is 0 Å². The Balaban J connectivity index is 3.59. The van der Waals surface area contributed by atoms with Gasteiger partial charge in [0.25, 0.3) is 0 Å². The minimum absolute atomic E-state index is 0.130. The molecule has 0 saturated heterocycles. The summed E-state index contributed by atoms with van der Waals surface area (Å²) in [7, 11) is 1.44. The highest BCUT2D eigenvalue weighted by Gasteiger charge is 2.16. The van der Waals surface area contributed by atoms with Gasteiger partial charge in [-0.2, -0.15) is 4.39 Å². The van der Waals surface area contributed by atoms with Gasteiger partial charge in [0.05, 0.1) is 0 Å². The van der Waals surface area contributed by atoms with Crippen LogP contribution in [0.1, 0.15) is 0 Å². The van der Waals surface area contributed by atoms with Gasteiger partial charge >= 0.3 is 4.59 Å². The molecular formula is C5H5Cl2FO. The van der Waals surface area contributed by atoms with Crippen molar-refractivity contribution in [3.05, 3.63) is 0 Å². The molecule has 0 atom stereocenters. The van der Waals surface area contributed by atoms with Crippen LogP contribution in [0.25, 0.3) is 0 Å². The average Bonchev–Trinajstić information content (AvgIpc) is 1.63. The molecule has 0 bridgehead atoms. The maximum absolute atomic E-state index is 12.0. The van der Waals surface area contributed by atoms with Gasteiger partial charge in [0.1, 0.15) is 6.61 Å². The fourth-order valence-corrected chi connectivity index (χ4v) is 0.342. The Morgan fingerprint density at radius 3 is 2.56 bits per heavy atom. The molecule has 4 heteroatoms. The van der Waals surface area contributed by atoms with Crippen molar-refractivity contribution in [2.24, 2.45) is 0 Å². The second kappa shape index (κ2) is 3.94. The van der Waals surface area contributed by atoms with Crippen LogP contribution in [0, 0.1) is 11.8 Å². The number of hydrogen-bond donors (Lipinski definition) is 0. The third kappa shape index (κ3) is 8.03. The van der Waals surface area contributed by atoms with Gasteiger partial charge in [0, 0.05) is 7.11 Å². The Kier molecular flexibility index (Phi) is 3.96. The number of methoxy groups -OCH3 is 1. The Morgan fingerprint density at radius 2 is 2.22 bits per heavy atom. The molecule has 0 saturated carbocycles. The first-order valence-corrected chi connectivity index (χ1v) is 2.87. The van der Waals surface area contributed by atoms with Gasteiger partial charge in [-0.1, -0.05) is 29.1 Å². The largest absolute Gasteiger partial charge is 0.372 e. The summed E-state index contributed by atoms with van der Waals surface area (Å²) in [6.07, 6.45) is 0. The normalized spacial score (nSPS) is 10.2. The maximum atomic E-state index is 12.0. The first-order chi connectivity index (χ1) is 4.06. The molecule has 0 N–H and O–H groups in total. The van der Waals surface area contributed by atoms with Gasteiger partial charge < -0.3 is 4.74 Å². The summed E-state index contributed by atoms with van der Waals surface area (Å²) >= 11 is 9.68. The lowest BCUT2D eigenvalue weighted by molar-refractivity contribution is 0.239. The Bertz CT molecular complexity index is 130. The molecule has 1 nitrogen and oxygen atoms in total. The predicted molar refractivity (Wildman–Crippen MR) is 35.2 cm³/mol. The topological polar surface area (TPSA) is 9.23 Å². The third-order valence-corrected chi connectivity index (χ3v) is 0.636. The van der Waals surface area contributed by atoms with Gasteiger partial charge in [-0.15, -0.1) is 0 Å². The van der Waals surface area contributed by atoms with Crippen LogP contribution in [0.3, 0.4) is 0 Å². The lowest BCUT2D eigenvalue weighted by Gasteiger charge is -1.94. The van der Waals surface area contributed by atoms with Gasteiger partial charge in [-0.25, -0.2) is 0 Å². The molecule has 0 rings (SSSR count). The van der Waals surface area contributed by atoms with E-state index in [0.717, 1.165) is 0 Å².